The number of halogens is 6. The predicted octanol–water partition coefficient (Wildman–Crippen LogP) is 5.68. The van der Waals surface area contributed by atoms with Gasteiger partial charge in [0.2, 0.25) is 11.8 Å². The van der Waals surface area contributed by atoms with Crippen LogP contribution in [-0.4, -0.2) is 81.3 Å². The van der Waals surface area contributed by atoms with E-state index in [1.807, 2.05) is 4.90 Å². The Kier molecular flexibility index (Phi) is 9.23. The summed E-state index contributed by atoms with van der Waals surface area (Å²) in [5.41, 5.74) is 8.23. The van der Waals surface area contributed by atoms with Crippen molar-refractivity contribution in [3.63, 3.8) is 0 Å². The Balaban J connectivity index is 1.41. The number of carbonyl (C=O) groups excluding carboxylic acids is 1. The van der Waals surface area contributed by atoms with Gasteiger partial charge in [-0.3, -0.25) is 9.69 Å². The summed E-state index contributed by atoms with van der Waals surface area (Å²) >= 11 is 6.03. The average molecular weight is 748 g/mol. The fourth-order valence-corrected chi connectivity index (χ4v) is 7.73. The van der Waals surface area contributed by atoms with Crippen LogP contribution in [0.1, 0.15) is 50.3 Å². The van der Waals surface area contributed by atoms with Crippen molar-refractivity contribution in [1.29, 1.82) is 0 Å². The van der Waals surface area contributed by atoms with E-state index in [1.54, 1.807) is 24.0 Å². The number of alkyl halides is 4. The van der Waals surface area contributed by atoms with Crippen molar-refractivity contribution < 1.29 is 36.2 Å². The molecule has 276 valence electrons. The van der Waals surface area contributed by atoms with Gasteiger partial charge in [0, 0.05) is 36.0 Å². The van der Waals surface area contributed by atoms with Crippen molar-refractivity contribution in [3.05, 3.63) is 52.4 Å². The van der Waals surface area contributed by atoms with Gasteiger partial charge in [-0.15, -0.1) is 0 Å². The van der Waals surface area contributed by atoms with E-state index in [0.717, 1.165) is 18.6 Å². The number of carbonyl (C=O) groups is 1. The Bertz CT molecular complexity index is 2050. The highest BCUT2D eigenvalue weighted by atomic mass is 35.5. The van der Waals surface area contributed by atoms with Crippen LogP contribution in [0.2, 0.25) is 5.02 Å². The molecule has 4 atom stereocenters. The molecule has 0 bridgehead atoms. The van der Waals surface area contributed by atoms with Crippen LogP contribution < -0.4 is 31.2 Å². The number of pyridine rings is 2. The highest BCUT2D eigenvalue weighted by molar-refractivity contribution is 6.32. The van der Waals surface area contributed by atoms with Crippen LogP contribution in [0.15, 0.2) is 30.5 Å². The summed E-state index contributed by atoms with van der Waals surface area (Å²) in [5.74, 6) is -1.61. The monoisotopic (exact) mass is 747 g/mol. The molecule has 5 N–H and O–H groups in total. The lowest BCUT2D eigenvalue weighted by Crippen LogP contribution is -2.43. The Morgan fingerprint density at radius 3 is 2.77 bits per heavy atom. The van der Waals surface area contributed by atoms with E-state index in [-0.39, 0.29) is 67.3 Å². The summed E-state index contributed by atoms with van der Waals surface area (Å²) < 4.78 is 86.7. The number of nitrogens with two attached hydrogens (primary N) is 2. The largest absolute Gasteiger partial charge is 0.475 e. The summed E-state index contributed by atoms with van der Waals surface area (Å²) in [6, 6.07) is 3.54. The summed E-state index contributed by atoms with van der Waals surface area (Å²) in [7, 11) is 0. The number of amides is 1. The molecule has 4 aromatic rings. The Labute approximate surface area is 299 Å². The molecular weight excluding hydrogens is 713 g/mol. The molecule has 0 radical (unpaired) electrons. The summed E-state index contributed by atoms with van der Waals surface area (Å²) in [5, 5.41) is 1.96. The number of ether oxygens (including phenoxy) is 2. The Hall–Kier alpha value is -4.61. The van der Waals surface area contributed by atoms with Crippen molar-refractivity contribution in [2.75, 3.05) is 48.8 Å². The number of nitrogens with zero attached hydrogens (tertiary/aromatic N) is 6. The zero-order chi connectivity index (χ0) is 37.1. The van der Waals surface area contributed by atoms with Gasteiger partial charge in [0.05, 0.1) is 34.8 Å². The Morgan fingerprint density at radius 2 is 2.02 bits per heavy atom. The van der Waals surface area contributed by atoms with Crippen molar-refractivity contribution in [1.82, 2.24) is 24.8 Å². The van der Waals surface area contributed by atoms with Crippen molar-refractivity contribution in [2.24, 2.45) is 5.73 Å². The maximum Gasteiger partial charge on any atom is 0.418 e. The van der Waals surface area contributed by atoms with E-state index in [2.05, 4.69) is 20.3 Å². The first-order chi connectivity index (χ1) is 24.7. The summed E-state index contributed by atoms with van der Waals surface area (Å²) in [6.45, 7) is 4.34. The second-order valence-corrected chi connectivity index (χ2v) is 13.8. The fraction of sp³-hybridized carbons (Fsp3) is 0.441. The smallest absolute Gasteiger partial charge is 0.418 e. The van der Waals surface area contributed by atoms with Crippen LogP contribution in [0.3, 0.4) is 0 Å². The van der Waals surface area contributed by atoms with E-state index >= 15 is 4.39 Å². The maximum absolute atomic E-state index is 16.9. The van der Waals surface area contributed by atoms with Crippen LogP contribution in [0.25, 0.3) is 22.2 Å². The maximum atomic E-state index is 16.9. The van der Waals surface area contributed by atoms with Gasteiger partial charge >= 0.3 is 12.2 Å². The van der Waals surface area contributed by atoms with Gasteiger partial charge < -0.3 is 31.2 Å². The molecule has 3 aromatic heterocycles. The number of benzene rings is 1. The molecule has 3 aliphatic heterocycles. The first-order valence-electron chi connectivity index (χ1n) is 16.7. The van der Waals surface area contributed by atoms with E-state index in [1.165, 1.54) is 13.1 Å². The number of rotatable bonds is 8. The average Bonchev–Trinajstić information content (AvgIpc) is 3.54. The molecule has 12 nitrogen and oxygen atoms in total. The van der Waals surface area contributed by atoms with E-state index in [9.17, 15) is 22.4 Å². The molecule has 18 heteroatoms. The molecule has 1 amide bonds. The highest BCUT2D eigenvalue weighted by Gasteiger charge is 2.49. The zero-order valence-electron chi connectivity index (χ0n) is 28.1. The topological polar surface area (TPSA) is 158 Å². The molecule has 52 heavy (non-hydrogen) atoms. The standard InChI is InChI=1S/C34H35ClF5N9O3/c1-16(41)30(50)46-28-20(5-3-7-43-28)17(2)49-9-10-51-31-23-27(25(37)26(44-31)21-11-19(42)12-22(35)24(21)34(38,39)40)45-32(47-29(23)49)52-15-33-6-4-8-48(33)14-18(36)13-33/h3,5,7,11-12,16-18H,4,6,8-10,13-15,41-42H2,1-2H3,(H,43,46,50)/t16-,17-,18-,33+/m1/s1. The van der Waals surface area contributed by atoms with Gasteiger partial charge in [-0.05, 0) is 51.4 Å². The van der Waals surface area contributed by atoms with E-state index in [0.29, 0.717) is 18.5 Å². The number of hydrogen-bond donors (Lipinski definition) is 3. The van der Waals surface area contributed by atoms with Crippen molar-refractivity contribution >= 4 is 45.7 Å². The molecule has 0 saturated carbocycles. The van der Waals surface area contributed by atoms with Gasteiger partial charge in [-0.1, -0.05) is 17.7 Å². The molecule has 6 heterocycles. The number of fused-ring (bicyclic) bond motifs is 1. The zero-order valence-corrected chi connectivity index (χ0v) is 28.9. The third-order valence-corrected chi connectivity index (χ3v) is 10.1. The first-order valence-corrected chi connectivity index (χ1v) is 17.0. The lowest BCUT2D eigenvalue weighted by atomic mass is 9.95. The molecule has 0 spiro atoms. The second-order valence-electron chi connectivity index (χ2n) is 13.4. The predicted molar refractivity (Wildman–Crippen MR) is 183 cm³/mol. The quantitative estimate of drug-likeness (QED) is 0.151. The molecule has 2 fully saturated rings. The molecule has 3 aliphatic rings. The SMILES string of the molecule is C[C@H](c1cccnc1NC(=O)[C@@H](C)N)N1CCOc2nc(-c3cc(N)cc(Cl)c3C(F)(F)F)c(F)c3nc(OC[C@@]45CCCN4C[C@H](F)C5)nc1c23. The second kappa shape index (κ2) is 13.4. The highest BCUT2D eigenvalue weighted by Crippen LogP contribution is 2.47. The summed E-state index contributed by atoms with van der Waals surface area (Å²) in [4.78, 5) is 34.0. The minimum Gasteiger partial charge on any atom is -0.475 e. The van der Waals surface area contributed by atoms with E-state index < -0.39 is 69.1 Å². The third-order valence-electron chi connectivity index (χ3n) is 9.85. The molecule has 0 unspecified atom stereocenters. The van der Waals surface area contributed by atoms with Crippen LogP contribution in [-0.2, 0) is 11.0 Å². The van der Waals surface area contributed by atoms with Gasteiger partial charge in [-0.2, -0.15) is 23.1 Å². The molecule has 2 saturated heterocycles. The molecule has 7 rings (SSSR count). The van der Waals surface area contributed by atoms with Crippen LogP contribution in [0.4, 0.5) is 39.3 Å². The number of nitrogens with one attached hydrogen (secondary N) is 1. The Morgan fingerprint density at radius 1 is 1.23 bits per heavy atom. The van der Waals surface area contributed by atoms with Crippen molar-refractivity contribution in [2.45, 2.75) is 63.1 Å². The van der Waals surface area contributed by atoms with Crippen molar-refractivity contribution in [3.8, 4) is 23.1 Å². The summed E-state index contributed by atoms with van der Waals surface area (Å²) in [6.07, 6.45) is -2.80. The third kappa shape index (κ3) is 6.38. The fourth-order valence-electron chi connectivity index (χ4n) is 7.39. The van der Waals surface area contributed by atoms with Gasteiger partial charge in [0.15, 0.2) is 5.82 Å². The molecule has 0 aliphatic carbocycles. The number of nitrogen functional groups attached to an aromatic ring is 1. The van der Waals surface area contributed by atoms with Crippen LogP contribution in [0, 0.1) is 5.82 Å². The lowest BCUT2D eigenvalue weighted by molar-refractivity contribution is -0.137. The van der Waals surface area contributed by atoms with Gasteiger partial charge in [0.1, 0.15) is 47.6 Å². The lowest BCUT2D eigenvalue weighted by Gasteiger charge is -2.32. The van der Waals surface area contributed by atoms with Gasteiger partial charge in [-0.25, -0.2) is 18.7 Å². The minimum atomic E-state index is -5.00. The molecule has 1 aromatic carbocycles. The number of hydrogen-bond acceptors (Lipinski definition) is 11. The first kappa shape index (κ1) is 35.8. The normalized spacial score (nSPS) is 21.4. The molecular formula is C34H35ClF5N9O3. The minimum absolute atomic E-state index is 0.00402. The van der Waals surface area contributed by atoms with Gasteiger partial charge in [0.25, 0.3) is 0 Å². The van der Waals surface area contributed by atoms with E-state index in [4.69, 9.17) is 37.5 Å². The van der Waals surface area contributed by atoms with Crippen LogP contribution >= 0.6 is 11.6 Å². The number of aromatic nitrogens is 4. The number of anilines is 3. The van der Waals surface area contributed by atoms with Crippen LogP contribution in [0.5, 0.6) is 11.9 Å².